The first-order valence-electron chi connectivity index (χ1n) is 6.80. The number of amides is 1. The molecule has 1 unspecified atom stereocenters. The molecule has 0 spiro atoms. The summed E-state index contributed by atoms with van der Waals surface area (Å²) in [6.45, 7) is 6.83. The maximum absolute atomic E-state index is 11.7. The summed E-state index contributed by atoms with van der Waals surface area (Å²) in [4.78, 5) is 11.7. The molecule has 110 valence electrons. The van der Waals surface area contributed by atoms with Gasteiger partial charge in [0, 0.05) is 23.5 Å². The van der Waals surface area contributed by atoms with Crippen LogP contribution in [0.25, 0.3) is 0 Å². The number of hydrogen-bond acceptors (Lipinski definition) is 3. The summed E-state index contributed by atoms with van der Waals surface area (Å²) in [7, 11) is 0. The molecule has 1 aliphatic heterocycles. The van der Waals surface area contributed by atoms with E-state index >= 15 is 0 Å². The van der Waals surface area contributed by atoms with Crippen molar-refractivity contribution in [1.82, 2.24) is 10.6 Å². The van der Waals surface area contributed by atoms with Gasteiger partial charge in [0.2, 0.25) is 5.91 Å². The van der Waals surface area contributed by atoms with Gasteiger partial charge in [-0.3, -0.25) is 4.79 Å². The van der Waals surface area contributed by atoms with E-state index in [0.29, 0.717) is 13.1 Å². The SMILES string of the molecule is CC(C)(C)NC(=O)CNCC1Cc2cc(Cl)ccc2O1. The molecule has 0 fully saturated rings. The van der Waals surface area contributed by atoms with Crippen molar-refractivity contribution in [2.45, 2.75) is 38.8 Å². The number of nitrogens with one attached hydrogen (secondary N) is 2. The van der Waals surface area contributed by atoms with Crippen LogP contribution in [0.15, 0.2) is 18.2 Å². The van der Waals surface area contributed by atoms with Gasteiger partial charge in [-0.25, -0.2) is 0 Å². The third-order valence-electron chi connectivity index (χ3n) is 2.94. The quantitative estimate of drug-likeness (QED) is 0.895. The Labute approximate surface area is 124 Å². The molecule has 1 aromatic rings. The Morgan fingerprint density at radius 2 is 2.20 bits per heavy atom. The number of halogens is 1. The highest BCUT2D eigenvalue weighted by atomic mass is 35.5. The van der Waals surface area contributed by atoms with Crippen molar-refractivity contribution in [1.29, 1.82) is 0 Å². The first kappa shape index (κ1) is 15.1. The van der Waals surface area contributed by atoms with Crippen molar-refractivity contribution in [2.75, 3.05) is 13.1 Å². The number of benzene rings is 1. The van der Waals surface area contributed by atoms with Crippen LogP contribution in [-0.2, 0) is 11.2 Å². The molecule has 1 aliphatic rings. The molecular weight excluding hydrogens is 276 g/mol. The van der Waals surface area contributed by atoms with Gasteiger partial charge in [-0.15, -0.1) is 0 Å². The second kappa shape index (κ2) is 6.02. The number of hydrogen-bond donors (Lipinski definition) is 2. The van der Waals surface area contributed by atoms with E-state index in [9.17, 15) is 4.79 Å². The molecule has 5 heteroatoms. The summed E-state index contributed by atoms with van der Waals surface area (Å²) in [5, 5.41) is 6.77. The molecule has 0 bridgehead atoms. The second-order valence-electron chi connectivity index (χ2n) is 6.13. The smallest absolute Gasteiger partial charge is 0.234 e. The van der Waals surface area contributed by atoms with Crippen molar-refractivity contribution >= 4 is 17.5 Å². The molecule has 0 radical (unpaired) electrons. The van der Waals surface area contributed by atoms with Crippen molar-refractivity contribution in [3.63, 3.8) is 0 Å². The van der Waals surface area contributed by atoms with Gasteiger partial charge in [0.15, 0.2) is 0 Å². The molecule has 2 N–H and O–H groups in total. The molecular formula is C15H21ClN2O2. The van der Waals surface area contributed by atoms with Gasteiger partial charge < -0.3 is 15.4 Å². The zero-order valence-corrected chi connectivity index (χ0v) is 12.9. The highest BCUT2D eigenvalue weighted by Crippen LogP contribution is 2.30. The molecule has 1 atom stereocenters. The number of fused-ring (bicyclic) bond motifs is 1. The lowest BCUT2D eigenvalue weighted by atomic mass is 10.1. The number of carbonyl (C=O) groups is 1. The van der Waals surface area contributed by atoms with E-state index < -0.39 is 0 Å². The summed E-state index contributed by atoms with van der Waals surface area (Å²) >= 11 is 5.95. The molecule has 4 nitrogen and oxygen atoms in total. The Morgan fingerprint density at radius 1 is 1.45 bits per heavy atom. The normalized spacial score (nSPS) is 17.5. The monoisotopic (exact) mass is 296 g/mol. The predicted molar refractivity (Wildman–Crippen MR) is 80.3 cm³/mol. The van der Waals surface area contributed by atoms with E-state index in [0.717, 1.165) is 22.8 Å². The topological polar surface area (TPSA) is 50.4 Å². The van der Waals surface area contributed by atoms with E-state index in [-0.39, 0.29) is 17.6 Å². The summed E-state index contributed by atoms with van der Waals surface area (Å²) in [6, 6.07) is 5.65. The minimum atomic E-state index is -0.199. The fourth-order valence-corrected chi connectivity index (χ4v) is 2.41. The molecule has 1 amide bonds. The lowest BCUT2D eigenvalue weighted by Gasteiger charge is -2.21. The largest absolute Gasteiger partial charge is 0.488 e. The number of ether oxygens (including phenoxy) is 1. The van der Waals surface area contributed by atoms with Gasteiger partial charge in [-0.05, 0) is 44.5 Å². The van der Waals surface area contributed by atoms with Crippen molar-refractivity contribution in [3.05, 3.63) is 28.8 Å². The summed E-state index contributed by atoms with van der Waals surface area (Å²) in [5.74, 6) is 0.886. The minimum Gasteiger partial charge on any atom is -0.488 e. The van der Waals surface area contributed by atoms with E-state index in [1.807, 2.05) is 39.0 Å². The summed E-state index contributed by atoms with van der Waals surface area (Å²) < 4.78 is 5.79. The number of rotatable bonds is 4. The van der Waals surface area contributed by atoms with Crippen LogP contribution in [-0.4, -0.2) is 30.6 Å². The highest BCUT2D eigenvalue weighted by Gasteiger charge is 2.23. The third kappa shape index (κ3) is 4.39. The third-order valence-corrected chi connectivity index (χ3v) is 3.17. The maximum atomic E-state index is 11.7. The first-order valence-corrected chi connectivity index (χ1v) is 7.18. The van der Waals surface area contributed by atoms with E-state index in [4.69, 9.17) is 16.3 Å². The van der Waals surface area contributed by atoms with Gasteiger partial charge in [-0.1, -0.05) is 11.6 Å². The van der Waals surface area contributed by atoms with Crippen molar-refractivity contribution < 1.29 is 9.53 Å². The van der Waals surface area contributed by atoms with Gasteiger partial charge in [0.25, 0.3) is 0 Å². The Bertz CT molecular complexity index is 497. The van der Waals surface area contributed by atoms with Crippen LogP contribution in [0.3, 0.4) is 0 Å². The average molecular weight is 297 g/mol. The van der Waals surface area contributed by atoms with Crippen LogP contribution in [0.2, 0.25) is 5.02 Å². The number of carbonyl (C=O) groups excluding carboxylic acids is 1. The predicted octanol–water partition coefficient (Wildman–Crippen LogP) is 2.15. The molecule has 0 aliphatic carbocycles. The molecule has 0 aromatic heterocycles. The van der Waals surface area contributed by atoms with Crippen molar-refractivity contribution in [3.8, 4) is 5.75 Å². The Hall–Kier alpha value is -1.26. The van der Waals surface area contributed by atoms with Gasteiger partial charge in [-0.2, -0.15) is 0 Å². The van der Waals surface area contributed by atoms with E-state index in [1.165, 1.54) is 0 Å². The maximum Gasteiger partial charge on any atom is 0.234 e. The lowest BCUT2D eigenvalue weighted by molar-refractivity contribution is -0.121. The summed E-state index contributed by atoms with van der Waals surface area (Å²) in [5.41, 5.74) is 0.929. The Morgan fingerprint density at radius 3 is 2.90 bits per heavy atom. The van der Waals surface area contributed by atoms with E-state index in [2.05, 4.69) is 10.6 Å². The fourth-order valence-electron chi connectivity index (χ4n) is 2.21. The van der Waals surface area contributed by atoms with Gasteiger partial charge in [0.1, 0.15) is 11.9 Å². The Balaban J connectivity index is 1.74. The highest BCUT2D eigenvalue weighted by molar-refractivity contribution is 6.30. The fraction of sp³-hybridized carbons (Fsp3) is 0.533. The Kier molecular flexibility index (Phi) is 4.55. The average Bonchev–Trinajstić information content (AvgIpc) is 2.68. The molecule has 1 heterocycles. The van der Waals surface area contributed by atoms with Crippen LogP contribution in [0, 0.1) is 0 Å². The van der Waals surface area contributed by atoms with Crippen LogP contribution < -0.4 is 15.4 Å². The standard InChI is InChI=1S/C15H21ClN2O2/c1-15(2,3)18-14(19)9-17-8-12-7-10-6-11(16)4-5-13(10)20-12/h4-6,12,17H,7-9H2,1-3H3,(H,18,19). The zero-order valence-electron chi connectivity index (χ0n) is 12.1. The molecule has 0 saturated carbocycles. The van der Waals surface area contributed by atoms with Crippen LogP contribution in [0.5, 0.6) is 5.75 Å². The summed E-state index contributed by atoms with van der Waals surface area (Å²) in [6.07, 6.45) is 0.884. The van der Waals surface area contributed by atoms with Gasteiger partial charge in [0.05, 0.1) is 6.54 Å². The van der Waals surface area contributed by atoms with Crippen LogP contribution in [0.4, 0.5) is 0 Å². The minimum absolute atomic E-state index is 0.00365. The van der Waals surface area contributed by atoms with E-state index in [1.54, 1.807) is 0 Å². The molecule has 0 saturated heterocycles. The van der Waals surface area contributed by atoms with Crippen molar-refractivity contribution in [2.24, 2.45) is 0 Å². The van der Waals surface area contributed by atoms with Crippen LogP contribution in [0.1, 0.15) is 26.3 Å². The van der Waals surface area contributed by atoms with Crippen LogP contribution >= 0.6 is 11.6 Å². The zero-order chi connectivity index (χ0) is 14.8. The first-order chi connectivity index (χ1) is 9.33. The molecule has 2 rings (SSSR count). The van der Waals surface area contributed by atoms with Gasteiger partial charge >= 0.3 is 0 Å². The lowest BCUT2D eigenvalue weighted by Crippen LogP contribution is -2.46. The molecule has 1 aromatic carbocycles. The molecule has 20 heavy (non-hydrogen) atoms. The second-order valence-corrected chi connectivity index (χ2v) is 6.56.